The number of thiol groups is 1. The molecule has 0 aromatic carbocycles. The van der Waals surface area contributed by atoms with E-state index in [1.165, 1.54) is 6.08 Å². The van der Waals surface area contributed by atoms with Crippen molar-refractivity contribution in [3.63, 3.8) is 0 Å². The first-order valence-electron chi connectivity index (χ1n) is 1.74. The molecule has 0 bridgehead atoms. The second kappa shape index (κ2) is 3.74. The zero-order valence-corrected chi connectivity index (χ0v) is 4.65. The summed E-state index contributed by atoms with van der Waals surface area (Å²) in [7, 11) is 0. The van der Waals surface area contributed by atoms with Gasteiger partial charge in [-0.25, -0.2) is 4.79 Å². The van der Waals surface area contributed by atoms with Crippen LogP contribution in [0.3, 0.4) is 0 Å². The van der Waals surface area contributed by atoms with Gasteiger partial charge in [-0.15, -0.1) is 0 Å². The molecule has 0 aliphatic heterocycles. The van der Waals surface area contributed by atoms with E-state index in [0.717, 1.165) is 0 Å². The maximum Gasteiger partial charge on any atom is 0.364 e. The van der Waals surface area contributed by atoms with Gasteiger partial charge in [0.2, 0.25) is 0 Å². The molecule has 0 N–H and O–H groups in total. The molecule has 0 rings (SSSR count). The molecule has 0 aliphatic rings. The number of hydrogen-bond acceptors (Lipinski definition) is 2. The molecular formula is C4H6O2S. The van der Waals surface area contributed by atoms with E-state index < -0.39 is 5.30 Å². The van der Waals surface area contributed by atoms with Gasteiger partial charge in [0.1, 0.15) is 6.61 Å². The minimum Gasteiger partial charge on any atom is -0.454 e. The highest BCUT2D eigenvalue weighted by Crippen LogP contribution is 1.83. The van der Waals surface area contributed by atoms with Crippen molar-refractivity contribution in [3.05, 3.63) is 12.7 Å². The fourth-order valence-corrected chi connectivity index (χ4v) is 0.205. The number of rotatable bonds is 2. The van der Waals surface area contributed by atoms with E-state index in [1.54, 1.807) is 0 Å². The average Bonchev–Trinajstić information content (AvgIpc) is 1.61. The number of hydrogen-bond donors (Lipinski definition) is 1. The van der Waals surface area contributed by atoms with Crippen LogP contribution in [0.4, 0.5) is 4.79 Å². The van der Waals surface area contributed by atoms with Crippen LogP contribution in [0.1, 0.15) is 0 Å². The smallest absolute Gasteiger partial charge is 0.364 e. The van der Waals surface area contributed by atoms with Gasteiger partial charge in [-0.2, -0.15) is 0 Å². The van der Waals surface area contributed by atoms with Crippen molar-refractivity contribution >= 4 is 17.9 Å². The lowest BCUT2D eigenvalue weighted by molar-refractivity contribution is 0.188. The third-order valence-electron chi connectivity index (χ3n) is 0.325. The first-order chi connectivity index (χ1) is 3.27. The molecule has 40 valence electrons. The zero-order chi connectivity index (χ0) is 5.70. The van der Waals surface area contributed by atoms with Crippen molar-refractivity contribution in [1.82, 2.24) is 0 Å². The molecule has 0 spiro atoms. The molecule has 0 aliphatic carbocycles. The summed E-state index contributed by atoms with van der Waals surface area (Å²) in [5.41, 5.74) is 0. The monoisotopic (exact) mass is 118 g/mol. The molecule has 3 heteroatoms. The standard InChI is InChI=1S/C4H6O2S/c1-2-3-6-4(5)7/h2H,1,3H2,(H,5,7). The summed E-state index contributed by atoms with van der Waals surface area (Å²) in [6, 6.07) is 0. The second-order valence-electron chi connectivity index (χ2n) is 0.866. The van der Waals surface area contributed by atoms with Crippen LogP contribution >= 0.6 is 12.6 Å². The summed E-state index contributed by atoms with van der Waals surface area (Å²) >= 11 is 3.32. The highest BCUT2D eigenvalue weighted by molar-refractivity contribution is 7.96. The van der Waals surface area contributed by atoms with Gasteiger partial charge in [0, 0.05) is 0 Å². The van der Waals surface area contributed by atoms with Crippen molar-refractivity contribution in [3.8, 4) is 0 Å². The summed E-state index contributed by atoms with van der Waals surface area (Å²) in [4.78, 5) is 9.80. The van der Waals surface area contributed by atoms with Crippen LogP contribution in [0.5, 0.6) is 0 Å². The molecule has 7 heavy (non-hydrogen) atoms. The zero-order valence-electron chi connectivity index (χ0n) is 3.76. The van der Waals surface area contributed by atoms with Crippen molar-refractivity contribution < 1.29 is 9.53 Å². The first kappa shape index (κ1) is 6.56. The van der Waals surface area contributed by atoms with Gasteiger partial charge in [0.25, 0.3) is 0 Å². The lowest BCUT2D eigenvalue weighted by atomic mass is 10.7. The molecular weight excluding hydrogens is 112 g/mol. The number of ether oxygens (including phenoxy) is 1. The summed E-state index contributed by atoms with van der Waals surface area (Å²) in [6.45, 7) is 3.56. The third-order valence-corrected chi connectivity index (χ3v) is 0.454. The van der Waals surface area contributed by atoms with Gasteiger partial charge in [-0.05, 0) is 0 Å². The summed E-state index contributed by atoms with van der Waals surface area (Å²) in [6.07, 6.45) is 1.48. The van der Waals surface area contributed by atoms with E-state index in [2.05, 4.69) is 23.9 Å². The van der Waals surface area contributed by atoms with E-state index in [-0.39, 0.29) is 6.61 Å². The van der Waals surface area contributed by atoms with E-state index in [0.29, 0.717) is 0 Å². The minimum atomic E-state index is -0.570. The van der Waals surface area contributed by atoms with E-state index >= 15 is 0 Å². The lowest BCUT2D eigenvalue weighted by Crippen LogP contribution is -1.91. The molecule has 0 radical (unpaired) electrons. The maximum atomic E-state index is 9.80. The number of carbonyl (C=O) groups is 1. The normalized spacial score (nSPS) is 7.57. The SMILES string of the molecule is C=CCOC(=O)S. The molecule has 0 saturated carbocycles. The van der Waals surface area contributed by atoms with Crippen LogP contribution in [0.15, 0.2) is 12.7 Å². The van der Waals surface area contributed by atoms with E-state index in [4.69, 9.17) is 0 Å². The second-order valence-corrected chi connectivity index (χ2v) is 1.23. The van der Waals surface area contributed by atoms with Crippen LogP contribution in [0.25, 0.3) is 0 Å². The molecule has 2 nitrogen and oxygen atoms in total. The predicted octanol–water partition coefficient (Wildman–Crippen LogP) is 1.24. The Hall–Kier alpha value is -0.440. The van der Waals surface area contributed by atoms with Gasteiger partial charge in [-0.1, -0.05) is 25.3 Å². The number of carbonyl (C=O) groups excluding carboxylic acids is 1. The van der Waals surface area contributed by atoms with Gasteiger partial charge in [-0.3, -0.25) is 0 Å². The summed E-state index contributed by atoms with van der Waals surface area (Å²) in [5, 5.41) is -0.570. The molecule has 0 fully saturated rings. The van der Waals surface area contributed by atoms with Crippen LogP contribution < -0.4 is 0 Å². The van der Waals surface area contributed by atoms with Crippen molar-refractivity contribution in [2.45, 2.75) is 0 Å². The van der Waals surface area contributed by atoms with E-state index in [1.807, 2.05) is 0 Å². The predicted molar refractivity (Wildman–Crippen MR) is 30.5 cm³/mol. The first-order valence-corrected chi connectivity index (χ1v) is 2.18. The Kier molecular flexibility index (Phi) is 3.50. The molecule has 0 amide bonds. The summed E-state index contributed by atoms with van der Waals surface area (Å²) in [5.74, 6) is 0. The molecule has 0 atom stereocenters. The van der Waals surface area contributed by atoms with Crippen molar-refractivity contribution in [1.29, 1.82) is 0 Å². The Balaban J connectivity index is 2.97. The topological polar surface area (TPSA) is 26.3 Å². The van der Waals surface area contributed by atoms with Crippen LogP contribution in [-0.4, -0.2) is 11.9 Å². The lowest BCUT2D eigenvalue weighted by Gasteiger charge is -1.89. The third kappa shape index (κ3) is 5.56. The maximum absolute atomic E-state index is 9.80. The Bertz CT molecular complexity index is 79.8. The largest absolute Gasteiger partial charge is 0.454 e. The van der Waals surface area contributed by atoms with Gasteiger partial charge < -0.3 is 4.74 Å². The molecule has 0 unspecified atom stereocenters. The van der Waals surface area contributed by atoms with Crippen LogP contribution in [0.2, 0.25) is 0 Å². The molecule has 0 aromatic rings. The van der Waals surface area contributed by atoms with Gasteiger partial charge >= 0.3 is 5.30 Å². The van der Waals surface area contributed by atoms with Gasteiger partial charge in [0.05, 0.1) is 0 Å². The minimum absolute atomic E-state index is 0.238. The Morgan fingerprint density at radius 1 is 2.00 bits per heavy atom. The Morgan fingerprint density at radius 2 is 2.57 bits per heavy atom. The summed E-state index contributed by atoms with van der Waals surface area (Å²) < 4.78 is 4.30. The van der Waals surface area contributed by atoms with Gasteiger partial charge in [0.15, 0.2) is 0 Å². The van der Waals surface area contributed by atoms with Crippen molar-refractivity contribution in [2.24, 2.45) is 0 Å². The Morgan fingerprint density at radius 3 is 2.71 bits per heavy atom. The fraction of sp³-hybridized carbons (Fsp3) is 0.250. The Labute approximate surface area is 47.6 Å². The molecule has 0 saturated heterocycles. The highest BCUT2D eigenvalue weighted by atomic mass is 32.1. The molecule has 0 aromatic heterocycles. The molecule has 0 heterocycles. The van der Waals surface area contributed by atoms with Crippen molar-refractivity contribution in [2.75, 3.05) is 6.61 Å². The fourth-order valence-electron chi connectivity index (χ4n) is 0.130. The quantitative estimate of drug-likeness (QED) is 0.335. The van der Waals surface area contributed by atoms with E-state index in [9.17, 15) is 4.79 Å². The van der Waals surface area contributed by atoms with Crippen LogP contribution in [-0.2, 0) is 4.74 Å². The highest BCUT2D eigenvalue weighted by Gasteiger charge is 1.84. The average molecular weight is 118 g/mol. The van der Waals surface area contributed by atoms with Crippen LogP contribution in [0, 0.1) is 0 Å².